The van der Waals surface area contributed by atoms with E-state index in [-0.39, 0.29) is 11.6 Å². The number of hydrogen-bond acceptors (Lipinski definition) is 3. The van der Waals surface area contributed by atoms with Crippen LogP contribution in [-0.4, -0.2) is 40.4 Å². The molecule has 0 aliphatic carbocycles. The quantitative estimate of drug-likeness (QED) is 0.862. The zero-order chi connectivity index (χ0) is 14.8. The first-order valence-electron chi connectivity index (χ1n) is 7.70. The van der Waals surface area contributed by atoms with E-state index in [1.807, 2.05) is 17.9 Å². The molecule has 1 aliphatic rings. The number of rotatable bonds is 6. The van der Waals surface area contributed by atoms with E-state index in [1.165, 1.54) is 31.6 Å². The molecule has 114 valence electrons. The zero-order valence-corrected chi connectivity index (χ0v) is 14.7. The first-order chi connectivity index (χ1) is 9.60. The second-order valence-corrected chi connectivity index (χ2v) is 6.58. The highest BCUT2D eigenvalue weighted by molar-refractivity contribution is 9.10. The van der Waals surface area contributed by atoms with Gasteiger partial charge in [-0.25, -0.2) is 0 Å². The van der Waals surface area contributed by atoms with E-state index in [1.54, 1.807) is 0 Å². The summed E-state index contributed by atoms with van der Waals surface area (Å²) in [6.45, 7) is 7.07. The van der Waals surface area contributed by atoms with Crippen LogP contribution in [-0.2, 0) is 7.05 Å². The fraction of sp³-hybridized carbons (Fsp3) is 0.800. The molecule has 2 heterocycles. The van der Waals surface area contributed by atoms with Crippen LogP contribution >= 0.6 is 15.9 Å². The number of likely N-dealkylation sites (tertiary alicyclic amines) is 1. The van der Waals surface area contributed by atoms with E-state index in [4.69, 9.17) is 0 Å². The van der Waals surface area contributed by atoms with Crippen molar-refractivity contribution >= 4 is 15.9 Å². The lowest BCUT2D eigenvalue weighted by atomic mass is 9.81. The maximum atomic E-state index is 4.41. The van der Waals surface area contributed by atoms with Crippen molar-refractivity contribution in [2.24, 2.45) is 7.05 Å². The number of aryl methyl sites for hydroxylation is 1. The lowest BCUT2D eigenvalue weighted by molar-refractivity contribution is 0.0614. The highest BCUT2D eigenvalue weighted by Crippen LogP contribution is 2.41. The number of halogens is 1. The van der Waals surface area contributed by atoms with Crippen LogP contribution in [0, 0.1) is 0 Å². The van der Waals surface area contributed by atoms with E-state index < -0.39 is 0 Å². The summed E-state index contributed by atoms with van der Waals surface area (Å²) in [5.41, 5.74) is 1.42. The molecule has 1 fully saturated rings. The van der Waals surface area contributed by atoms with Gasteiger partial charge in [0, 0.05) is 12.6 Å². The van der Waals surface area contributed by atoms with Crippen molar-refractivity contribution in [3.8, 4) is 0 Å². The highest BCUT2D eigenvalue weighted by atomic mass is 79.9. The smallest absolute Gasteiger partial charge is 0.0711 e. The normalized spacial score (nSPS) is 18.6. The van der Waals surface area contributed by atoms with Crippen LogP contribution in [0.2, 0.25) is 0 Å². The lowest BCUT2D eigenvalue weighted by Gasteiger charge is -2.47. The van der Waals surface area contributed by atoms with Gasteiger partial charge in [0.1, 0.15) is 0 Å². The Kier molecular flexibility index (Phi) is 5.26. The average Bonchev–Trinajstić information content (AvgIpc) is 3.09. The van der Waals surface area contributed by atoms with Gasteiger partial charge in [-0.1, -0.05) is 13.8 Å². The first-order valence-corrected chi connectivity index (χ1v) is 8.49. The van der Waals surface area contributed by atoms with Gasteiger partial charge in [-0.05, 0) is 61.8 Å². The molecule has 0 bridgehead atoms. The van der Waals surface area contributed by atoms with Gasteiger partial charge in [0.15, 0.2) is 0 Å². The average molecular weight is 343 g/mol. The van der Waals surface area contributed by atoms with Crippen molar-refractivity contribution in [2.45, 2.75) is 51.1 Å². The first kappa shape index (κ1) is 16.0. The molecular weight excluding hydrogens is 316 g/mol. The van der Waals surface area contributed by atoms with Gasteiger partial charge in [0.25, 0.3) is 0 Å². The second kappa shape index (κ2) is 6.58. The van der Waals surface area contributed by atoms with E-state index >= 15 is 0 Å². The summed E-state index contributed by atoms with van der Waals surface area (Å²) in [7, 11) is 4.10. The Morgan fingerprint density at radius 2 is 1.95 bits per heavy atom. The molecule has 20 heavy (non-hydrogen) atoms. The molecule has 1 atom stereocenters. The van der Waals surface area contributed by atoms with Crippen LogP contribution in [0.3, 0.4) is 0 Å². The molecule has 4 nitrogen and oxygen atoms in total. The molecule has 1 aromatic heterocycles. The molecule has 0 radical (unpaired) electrons. The van der Waals surface area contributed by atoms with E-state index in [0.29, 0.717) is 0 Å². The highest BCUT2D eigenvalue weighted by Gasteiger charge is 2.43. The summed E-state index contributed by atoms with van der Waals surface area (Å²) in [4.78, 5) is 2.69. The standard InChI is InChI=1S/C15H27BrN4/c1-5-15(6-2,20-9-7-8-10-20)14(17-3)13-12(16)11-18-19(13)4/h11,14,17H,5-10H2,1-4H3. The monoisotopic (exact) mass is 342 g/mol. The topological polar surface area (TPSA) is 33.1 Å². The molecule has 1 aliphatic heterocycles. The van der Waals surface area contributed by atoms with Crippen LogP contribution < -0.4 is 5.32 Å². The molecule has 5 heteroatoms. The Morgan fingerprint density at radius 1 is 1.35 bits per heavy atom. The molecule has 1 unspecified atom stereocenters. The van der Waals surface area contributed by atoms with Crippen molar-refractivity contribution in [1.29, 1.82) is 0 Å². The predicted molar refractivity (Wildman–Crippen MR) is 86.8 cm³/mol. The van der Waals surface area contributed by atoms with Gasteiger partial charge >= 0.3 is 0 Å². The van der Waals surface area contributed by atoms with Crippen LogP contribution in [0.5, 0.6) is 0 Å². The minimum absolute atomic E-state index is 0.168. The molecule has 1 aromatic rings. The summed E-state index contributed by atoms with van der Waals surface area (Å²) in [5.74, 6) is 0. The summed E-state index contributed by atoms with van der Waals surface area (Å²) < 4.78 is 3.10. The van der Waals surface area contributed by atoms with Crippen molar-refractivity contribution in [3.63, 3.8) is 0 Å². The van der Waals surface area contributed by atoms with Gasteiger partial charge < -0.3 is 5.32 Å². The van der Waals surface area contributed by atoms with Gasteiger partial charge in [-0.3, -0.25) is 9.58 Å². The summed E-state index contributed by atoms with van der Waals surface area (Å²) in [6.07, 6.45) is 6.84. The fourth-order valence-electron chi connectivity index (χ4n) is 3.86. The van der Waals surface area contributed by atoms with Crippen LogP contribution in [0.4, 0.5) is 0 Å². The summed E-state index contributed by atoms with van der Waals surface area (Å²) in [5, 5.41) is 7.98. The minimum atomic E-state index is 0.168. The van der Waals surface area contributed by atoms with Crippen molar-refractivity contribution in [3.05, 3.63) is 16.4 Å². The van der Waals surface area contributed by atoms with Gasteiger partial charge in [-0.2, -0.15) is 5.10 Å². The maximum Gasteiger partial charge on any atom is 0.0711 e. The molecule has 2 rings (SSSR count). The fourth-order valence-corrected chi connectivity index (χ4v) is 4.43. The zero-order valence-electron chi connectivity index (χ0n) is 13.1. The van der Waals surface area contributed by atoms with Crippen LogP contribution in [0.1, 0.15) is 51.3 Å². The van der Waals surface area contributed by atoms with Gasteiger partial charge in [0.2, 0.25) is 0 Å². The summed E-state index contributed by atoms with van der Waals surface area (Å²) in [6, 6.07) is 0.289. The second-order valence-electron chi connectivity index (χ2n) is 5.73. The number of nitrogens with zero attached hydrogens (tertiary/aromatic N) is 3. The van der Waals surface area contributed by atoms with E-state index in [0.717, 1.165) is 17.3 Å². The van der Waals surface area contributed by atoms with Crippen molar-refractivity contribution in [2.75, 3.05) is 20.1 Å². The van der Waals surface area contributed by atoms with Crippen molar-refractivity contribution < 1.29 is 0 Å². The lowest BCUT2D eigenvalue weighted by Crippen LogP contribution is -2.55. The number of aromatic nitrogens is 2. The van der Waals surface area contributed by atoms with Crippen LogP contribution in [0.25, 0.3) is 0 Å². The SMILES string of the molecule is CCC(CC)(C(NC)c1c(Br)cnn1C)N1CCCC1. The molecule has 0 aromatic carbocycles. The Hall–Kier alpha value is -0.390. The molecule has 0 amide bonds. The molecule has 0 spiro atoms. The Labute approximate surface area is 131 Å². The van der Waals surface area contributed by atoms with Gasteiger partial charge in [0.05, 0.1) is 22.4 Å². The predicted octanol–water partition coefficient (Wildman–Crippen LogP) is 3.10. The molecule has 1 saturated heterocycles. The van der Waals surface area contributed by atoms with Crippen LogP contribution in [0.15, 0.2) is 10.7 Å². The third-order valence-corrected chi connectivity index (χ3v) is 5.61. The molecule has 0 saturated carbocycles. The number of hydrogen-bond donors (Lipinski definition) is 1. The number of likely N-dealkylation sites (N-methyl/N-ethyl adjacent to an activating group) is 1. The maximum absolute atomic E-state index is 4.41. The third-order valence-electron chi connectivity index (χ3n) is 5.00. The summed E-state index contributed by atoms with van der Waals surface area (Å²) >= 11 is 3.68. The number of nitrogens with one attached hydrogen (secondary N) is 1. The Morgan fingerprint density at radius 3 is 2.35 bits per heavy atom. The largest absolute Gasteiger partial charge is 0.310 e. The minimum Gasteiger partial charge on any atom is -0.310 e. The van der Waals surface area contributed by atoms with Crippen molar-refractivity contribution in [1.82, 2.24) is 20.0 Å². The third kappa shape index (κ3) is 2.55. The molecular formula is C15H27BrN4. The Bertz CT molecular complexity index is 414. The van der Waals surface area contributed by atoms with E-state index in [2.05, 4.69) is 52.1 Å². The Balaban J connectivity index is 2.44. The van der Waals surface area contributed by atoms with Gasteiger partial charge in [-0.15, -0.1) is 0 Å². The van der Waals surface area contributed by atoms with E-state index in [9.17, 15) is 0 Å². The molecule has 1 N–H and O–H groups in total.